The minimum atomic E-state index is -4.52. The van der Waals surface area contributed by atoms with Gasteiger partial charge in [0, 0.05) is 0 Å². The summed E-state index contributed by atoms with van der Waals surface area (Å²) in [4.78, 5) is 58.6. The van der Waals surface area contributed by atoms with Gasteiger partial charge in [-0.25, -0.2) is 9.79 Å². The van der Waals surface area contributed by atoms with E-state index >= 15 is 0 Å². The van der Waals surface area contributed by atoms with Crippen LogP contribution in [0.5, 0.6) is 0 Å². The van der Waals surface area contributed by atoms with Crippen molar-refractivity contribution in [1.29, 1.82) is 0 Å². The third kappa shape index (κ3) is 8.25. The molecule has 0 atom stereocenters. The van der Waals surface area contributed by atoms with E-state index < -0.39 is 15.9 Å². The molecule has 0 aliphatic carbocycles. The van der Waals surface area contributed by atoms with Crippen LogP contribution in [0.2, 0.25) is 0 Å². The zero-order chi connectivity index (χ0) is 15.2. The monoisotopic (exact) mass is 522 g/mol. The van der Waals surface area contributed by atoms with E-state index in [1.54, 1.807) is 24.3 Å². The maximum atomic E-state index is 10.5. The molecule has 0 amide bonds. The normalized spacial score (nSPS) is 11.0. The van der Waals surface area contributed by atoms with Gasteiger partial charge in [-0.3, -0.25) is 0 Å². The molecule has 0 aliphatic heterocycles. The van der Waals surface area contributed by atoms with Crippen molar-refractivity contribution in [3.05, 3.63) is 60.7 Å². The Morgan fingerprint density at radius 1 is 0.619 bits per heavy atom. The first-order valence-corrected chi connectivity index (χ1v) is 8.55. The molecule has 0 fully saturated rings. The largest absolute Gasteiger partial charge is 2.00 e. The van der Waals surface area contributed by atoms with E-state index in [4.69, 9.17) is 9.79 Å². The third-order valence-electron chi connectivity index (χ3n) is 2.16. The van der Waals surface area contributed by atoms with Gasteiger partial charge in [0.05, 0.1) is 5.30 Å². The number of rotatable bonds is 2. The summed E-state index contributed by atoms with van der Waals surface area (Å²) in [5.41, 5.74) is 0. The molecular formula is C12H12O6P2Pb. The molecule has 2 aromatic carbocycles. The van der Waals surface area contributed by atoms with E-state index in [1.807, 2.05) is 0 Å². The van der Waals surface area contributed by atoms with Gasteiger partial charge in [-0.1, -0.05) is 36.4 Å². The summed E-state index contributed by atoms with van der Waals surface area (Å²) >= 11 is 0. The van der Waals surface area contributed by atoms with Crippen LogP contribution in [0.4, 0.5) is 0 Å². The first kappa shape index (κ1) is 21.0. The second-order valence-electron chi connectivity index (χ2n) is 3.71. The van der Waals surface area contributed by atoms with E-state index in [1.165, 1.54) is 36.4 Å². The first-order valence-electron chi connectivity index (χ1n) is 5.40. The van der Waals surface area contributed by atoms with Gasteiger partial charge in [0.25, 0.3) is 7.94 Å². The molecule has 21 heavy (non-hydrogen) atoms. The Morgan fingerprint density at radius 2 is 0.952 bits per heavy atom. The van der Waals surface area contributed by atoms with Gasteiger partial charge in [-0.05, 0) is 24.3 Å². The molecule has 0 aliphatic rings. The summed E-state index contributed by atoms with van der Waals surface area (Å²) in [6.45, 7) is 0. The number of benzene rings is 2. The van der Waals surface area contributed by atoms with Crippen molar-refractivity contribution in [2.45, 2.75) is 0 Å². The smallest absolute Gasteiger partial charge is 0.684 e. The van der Waals surface area contributed by atoms with Crippen molar-refractivity contribution < 1.29 is 29.4 Å². The molecular weight excluding hydrogens is 509 g/mol. The van der Waals surface area contributed by atoms with Crippen LogP contribution in [0.15, 0.2) is 60.7 Å². The molecule has 110 valence electrons. The first-order chi connectivity index (χ1) is 9.21. The second-order valence-corrected chi connectivity index (χ2v) is 6.83. The zero-order valence-electron chi connectivity index (χ0n) is 10.7. The predicted molar refractivity (Wildman–Crippen MR) is 76.2 cm³/mol. The van der Waals surface area contributed by atoms with Crippen LogP contribution in [-0.4, -0.2) is 37.1 Å². The molecule has 0 bridgehead atoms. The average Bonchev–Trinajstić information content (AvgIpc) is 2.40. The minimum absolute atomic E-state index is 0. The molecule has 6 nitrogen and oxygen atoms in total. The van der Waals surface area contributed by atoms with E-state index in [9.17, 15) is 19.6 Å². The minimum Gasteiger partial charge on any atom is -0.684 e. The molecule has 2 radical (unpaired) electrons. The average molecular weight is 521 g/mol. The quantitative estimate of drug-likeness (QED) is 0.324. The Balaban J connectivity index is 0.000000364. The van der Waals surface area contributed by atoms with Gasteiger partial charge >= 0.3 is 27.3 Å². The molecule has 0 aromatic heterocycles. The summed E-state index contributed by atoms with van der Waals surface area (Å²) in [6, 6.07) is 14.9. The number of hydrogen-bond acceptors (Lipinski definition) is 6. The van der Waals surface area contributed by atoms with Gasteiger partial charge in [-0.15, -0.1) is 7.94 Å². The summed E-state index contributed by atoms with van der Waals surface area (Å²) in [5.74, 6) is 0. The molecule has 0 saturated carbocycles. The molecule has 0 heterocycles. The summed E-state index contributed by atoms with van der Waals surface area (Å²) in [6.07, 6.45) is 0. The Hall–Kier alpha value is -0.0179. The molecule has 2 rings (SSSR count). The summed E-state index contributed by atoms with van der Waals surface area (Å²) in [7, 11) is -8.54. The molecule has 9 heteroatoms. The van der Waals surface area contributed by atoms with E-state index in [0.717, 1.165) is 0 Å². The van der Waals surface area contributed by atoms with Crippen LogP contribution in [-0.2, 0) is 0 Å². The van der Waals surface area contributed by atoms with Crippen molar-refractivity contribution in [2.24, 2.45) is 0 Å². The standard InChI is InChI=1S/2C6H7O3P.Pb/c2*7-10(8,9)6-4-2-1-3-5-6;/h2*1-5H,(H2,7,8,9);/q;;+2/p-2. The van der Waals surface area contributed by atoms with Crippen LogP contribution in [0, 0.1) is 0 Å². The fourth-order valence-corrected chi connectivity index (χ4v) is 2.33. The predicted octanol–water partition coefficient (Wildman–Crippen LogP) is -2.81. The van der Waals surface area contributed by atoms with Gasteiger partial charge in [0.2, 0.25) is 0 Å². The molecule has 2 aromatic rings. The topological polar surface area (TPSA) is 133 Å². The van der Waals surface area contributed by atoms with Crippen molar-refractivity contribution in [1.82, 2.24) is 0 Å². The SMILES string of the molecule is [O-][P+](O)(O)c1ccccc1.[O-][P+]([O-])([O-])c1ccccc1.[Pb+2]. The van der Waals surface area contributed by atoms with Crippen molar-refractivity contribution >= 4 is 53.8 Å². The van der Waals surface area contributed by atoms with E-state index in [-0.39, 0.29) is 37.9 Å². The Kier molecular flexibility index (Phi) is 9.19. The number of hydrogen-bond donors (Lipinski definition) is 2. The van der Waals surface area contributed by atoms with Crippen molar-refractivity contribution in [3.8, 4) is 0 Å². The fourth-order valence-electron chi connectivity index (χ4n) is 1.23. The van der Waals surface area contributed by atoms with Gasteiger partial charge in [-0.2, -0.15) is 0 Å². The van der Waals surface area contributed by atoms with Gasteiger partial charge < -0.3 is 19.6 Å². The summed E-state index contributed by atoms with van der Waals surface area (Å²) < 4.78 is 0. The molecule has 2 N–H and O–H groups in total. The van der Waals surface area contributed by atoms with Crippen molar-refractivity contribution in [2.75, 3.05) is 0 Å². The Bertz CT molecular complexity index is 463. The fraction of sp³-hybridized carbons (Fsp3) is 0. The van der Waals surface area contributed by atoms with E-state index in [0.29, 0.717) is 0 Å². The molecule has 0 saturated heterocycles. The maximum absolute atomic E-state index is 10.5. The van der Waals surface area contributed by atoms with Gasteiger partial charge in [0.15, 0.2) is 0 Å². The maximum Gasteiger partial charge on any atom is 2.00 e. The molecule has 0 spiro atoms. The van der Waals surface area contributed by atoms with Crippen LogP contribution < -0.4 is 30.2 Å². The Labute approximate surface area is 143 Å². The summed E-state index contributed by atoms with van der Waals surface area (Å²) in [5, 5.41) is -0.0926. The van der Waals surface area contributed by atoms with E-state index in [2.05, 4.69) is 0 Å². The van der Waals surface area contributed by atoms with Crippen molar-refractivity contribution in [3.63, 3.8) is 0 Å². The zero-order valence-corrected chi connectivity index (χ0v) is 16.4. The van der Waals surface area contributed by atoms with Crippen LogP contribution in [0.3, 0.4) is 0 Å². The van der Waals surface area contributed by atoms with Crippen LogP contribution >= 0.6 is 15.9 Å². The third-order valence-corrected chi connectivity index (χ3v) is 4.07. The van der Waals surface area contributed by atoms with Crippen LogP contribution in [0.1, 0.15) is 0 Å². The second kappa shape index (κ2) is 9.20. The van der Waals surface area contributed by atoms with Gasteiger partial charge in [0.1, 0.15) is 5.30 Å². The van der Waals surface area contributed by atoms with Crippen LogP contribution in [0.25, 0.3) is 0 Å². The Morgan fingerprint density at radius 3 is 1.14 bits per heavy atom. The molecule has 0 unspecified atom stereocenters.